The van der Waals surface area contributed by atoms with Crippen molar-refractivity contribution in [2.45, 2.75) is 45.0 Å². The molecule has 1 aromatic carbocycles. The molecule has 2 heterocycles. The average Bonchev–Trinajstić information content (AvgIpc) is 3.23. The minimum absolute atomic E-state index is 0.00391. The normalized spacial score (nSPS) is 22.8. The molecule has 3 atom stereocenters. The Labute approximate surface area is 146 Å². The van der Waals surface area contributed by atoms with Gasteiger partial charge in [-0.3, -0.25) is 4.68 Å². The molecule has 2 aromatic heterocycles. The first-order valence-corrected chi connectivity index (χ1v) is 8.48. The first-order chi connectivity index (χ1) is 12.1. The number of aliphatic hydroxyl groups excluding tert-OH is 1. The maximum atomic E-state index is 10.1. The SMILES string of the molecule is Cc1cnn([C@H]2[C@H](O)C[C@@H]2NCc2ccc(-n3cncn3)c(C)c2)c1. The van der Waals surface area contributed by atoms with E-state index in [4.69, 9.17) is 0 Å². The lowest BCUT2D eigenvalue weighted by Crippen LogP contribution is -2.54. The van der Waals surface area contributed by atoms with E-state index in [2.05, 4.69) is 45.6 Å². The quantitative estimate of drug-likeness (QED) is 0.738. The Bertz CT molecular complexity index is 856. The Morgan fingerprint density at radius 1 is 1.28 bits per heavy atom. The van der Waals surface area contributed by atoms with Gasteiger partial charge in [0, 0.05) is 18.8 Å². The summed E-state index contributed by atoms with van der Waals surface area (Å²) in [6.45, 7) is 4.84. The van der Waals surface area contributed by atoms with Crippen molar-refractivity contribution in [3.63, 3.8) is 0 Å². The van der Waals surface area contributed by atoms with Crippen LogP contribution in [0.15, 0.2) is 43.2 Å². The molecule has 0 radical (unpaired) electrons. The van der Waals surface area contributed by atoms with Crippen LogP contribution in [-0.2, 0) is 6.54 Å². The van der Waals surface area contributed by atoms with Gasteiger partial charge in [0.2, 0.25) is 0 Å². The molecule has 1 fully saturated rings. The van der Waals surface area contributed by atoms with Crippen molar-refractivity contribution in [2.24, 2.45) is 0 Å². The smallest absolute Gasteiger partial charge is 0.138 e. The predicted octanol–water partition coefficient (Wildman–Crippen LogP) is 1.54. The number of aliphatic hydroxyl groups is 1. The summed E-state index contributed by atoms with van der Waals surface area (Å²) in [6, 6.07) is 6.55. The summed E-state index contributed by atoms with van der Waals surface area (Å²) in [4.78, 5) is 3.99. The molecule has 7 heteroatoms. The van der Waals surface area contributed by atoms with Crippen LogP contribution in [0.2, 0.25) is 0 Å². The molecule has 0 unspecified atom stereocenters. The van der Waals surface area contributed by atoms with E-state index in [0.717, 1.165) is 29.8 Å². The number of hydrogen-bond donors (Lipinski definition) is 2. The fraction of sp³-hybridized carbons (Fsp3) is 0.389. The van der Waals surface area contributed by atoms with Gasteiger partial charge in [0.1, 0.15) is 12.7 Å². The number of aryl methyl sites for hydroxylation is 2. The lowest BCUT2D eigenvalue weighted by Gasteiger charge is -2.42. The molecule has 1 aliphatic rings. The van der Waals surface area contributed by atoms with Crippen LogP contribution in [0.1, 0.15) is 29.2 Å². The fourth-order valence-electron chi connectivity index (χ4n) is 3.44. The summed E-state index contributed by atoms with van der Waals surface area (Å²) in [5.41, 5.74) is 4.50. The number of rotatable bonds is 5. The van der Waals surface area contributed by atoms with E-state index >= 15 is 0 Å². The van der Waals surface area contributed by atoms with Gasteiger partial charge in [-0.2, -0.15) is 10.2 Å². The van der Waals surface area contributed by atoms with Gasteiger partial charge in [-0.25, -0.2) is 9.67 Å². The molecule has 7 nitrogen and oxygen atoms in total. The van der Waals surface area contributed by atoms with Gasteiger partial charge in [0.25, 0.3) is 0 Å². The lowest BCUT2D eigenvalue weighted by atomic mass is 9.83. The van der Waals surface area contributed by atoms with Gasteiger partial charge in [0.15, 0.2) is 0 Å². The molecule has 1 saturated carbocycles. The van der Waals surface area contributed by atoms with Crippen LogP contribution < -0.4 is 5.32 Å². The molecule has 0 amide bonds. The zero-order chi connectivity index (χ0) is 17.4. The first kappa shape index (κ1) is 16.0. The summed E-state index contributed by atoms with van der Waals surface area (Å²) in [6.07, 6.45) is 7.46. The maximum Gasteiger partial charge on any atom is 0.138 e. The summed E-state index contributed by atoms with van der Waals surface area (Å²) in [5.74, 6) is 0. The molecule has 0 aliphatic heterocycles. The Kier molecular flexibility index (Phi) is 4.10. The molecule has 0 bridgehead atoms. The first-order valence-electron chi connectivity index (χ1n) is 8.48. The molecule has 2 N–H and O–H groups in total. The number of benzene rings is 1. The van der Waals surface area contributed by atoms with E-state index in [0.29, 0.717) is 0 Å². The van der Waals surface area contributed by atoms with Crippen molar-refractivity contribution in [1.82, 2.24) is 29.9 Å². The second-order valence-electron chi connectivity index (χ2n) is 6.74. The molecule has 25 heavy (non-hydrogen) atoms. The third kappa shape index (κ3) is 3.08. The topological polar surface area (TPSA) is 80.8 Å². The van der Waals surface area contributed by atoms with E-state index in [-0.39, 0.29) is 18.2 Å². The number of hydrogen-bond acceptors (Lipinski definition) is 5. The van der Waals surface area contributed by atoms with Gasteiger partial charge in [-0.05, 0) is 43.0 Å². The van der Waals surface area contributed by atoms with E-state index in [1.54, 1.807) is 11.0 Å². The van der Waals surface area contributed by atoms with Gasteiger partial charge < -0.3 is 10.4 Å². The third-order valence-electron chi connectivity index (χ3n) is 4.83. The molecule has 0 spiro atoms. The highest BCUT2D eigenvalue weighted by atomic mass is 16.3. The fourth-order valence-corrected chi connectivity index (χ4v) is 3.44. The minimum atomic E-state index is -0.340. The lowest BCUT2D eigenvalue weighted by molar-refractivity contribution is -0.00824. The largest absolute Gasteiger partial charge is 0.391 e. The van der Waals surface area contributed by atoms with Crippen molar-refractivity contribution in [1.29, 1.82) is 0 Å². The molecule has 1 aliphatic carbocycles. The highest BCUT2D eigenvalue weighted by Crippen LogP contribution is 2.32. The predicted molar refractivity (Wildman–Crippen MR) is 93.3 cm³/mol. The van der Waals surface area contributed by atoms with Crippen molar-refractivity contribution >= 4 is 0 Å². The average molecular weight is 338 g/mol. The van der Waals surface area contributed by atoms with Crippen molar-refractivity contribution < 1.29 is 5.11 Å². The number of nitrogens with zero attached hydrogens (tertiary/aromatic N) is 5. The highest BCUT2D eigenvalue weighted by Gasteiger charge is 2.41. The molecular weight excluding hydrogens is 316 g/mol. The van der Waals surface area contributed by atoms with E-state index in [1.165, 1.54) is 11.9 Å². The molecule has 130 valence electrons. The van der Waals surface area contributed by atoms with Crippen molar-refractivity contribution in [2.75, 3.05) is 0 Å². The van der Waals surface area contributed by atoms with Crippen LogP contribution in [-0.4, -0.2) is 41.8 Å². The number of nitrogens with one attached hydrogen (secondary N) is 1. The van der Waals surface area contributed by atoms with Crippen LogP contribution in [0.4, 0.5) is 0 Å². The Hall–Kier alpha value is -2.51. The van der Waals surface area contributed by atoms with E-state index in [9.17, 15) is 5.11 Å². The van der Waals surface area contributed by atoms with E-state index in [1.807, 2.05) is 24.0 Å². The minimum Gasteiger partial charge on any atom is -0.391 e. The second-order valence-corrected chi connectivity index (χ2v) is 6.74. The Morgan fingerprint density at radius 3 is 2.80 bits per heavy atom. The van der Waals surface area contributed by atoms with Crippen molar-refractivity contribution in [3.05, 3.63) is 59.9 Å². The summed E-state index contributed by atoms with van der Waals surface area (Å²) < 4.78 is 3.64. The van der Waals surface area contributed by atoms with E-state index < -0.39 is 0 Å². The molecular formula is C18H22N6O. The van der Waals surface area contributed by atoms with Gasteiger partial charge >= 0.3 is 0 Å². The summed E-state index contributed by atoms with van der Waals surface area (Å²) >= 11 is 0. The van der Waals surface area contributed by atoms with Gasteiger partial charge in [-0.1, -0.05) is 12.1 Å². The molecule has 0 saturated heterocycles. The van der Waals surface area contributed by atoms with Crippen LogP contribution in [0, 0.1) is 13.8 Å². The zero-order valence-electron chi connectivity index (χ0n) is 14.4. The molecule has 3 aromatic rings. The van der Waals surface area contributed by atoms with Crippen LogP contribution in [0.5, 0.6) is 0 Å². The summed E-state index contributed by atoms with van der Waals surface area (Å²) in [7, 11) is 0. The highest BCUT2D eigenvalue weighted by molar-refractivity contribution is 5.41. The monoisotopic (exact) mass is 338 g/mol. The summed E-state index contributed by atoms with van der Waals surface area (Å²) in [5, 5.41) is 22.2. The standard InChI is InChI=1S/C18H22N6O/c1-12-7-21-23(9-12)18-15(6-17(18)25)20-8-14-3-4-16(13(2)5-14)24-11-19-10-22-24/h3-5,7,9-11,15,17-18,20,25H,6,8H2,1-2H3/t15-,17+,18+/m0/s1. The van der Waals surface area contributed by atoms with Crippen LogP contribution in [0.3, 0.4) is 0 Å². The van der Waals surface area contributed by atoms with Crippen molar-refractivity contribution in [3.8, 4) is 5.69 Å². The van der Waals surface area contributed by atoms with Gasteiger partial charge in [-0.15, -0.1) is 0 Å². The van der Waals surface area contributed by atoms with Crippen LogP contribution >= 0.6 is 0 Å². The zero-order valence-corrected chi connectivity index (χ0v) is 14.4. The number of aromatic nitrogens is 5. The Balaban J connectivity index is 1.42. The third-order valence-corrected chi connectivity index (χ3v) is 4.83. The Morgan fingerprint density at radius 2 is 2.16 bits per heavy atom. The van der Waals surface area contributed by atoms with Gasteiger partial charge in [0.05, 0.1) is 24.0 Å². The maximum absolute atomic E-state index is 10.1. The van der Waals surface area contributed by atoms with Crippen LogP contribution in [0.25, 0.3) is 5.69 Å². The second kappa shape index (κ2) is 6.42. The molecule has 4 rings (SSSR count).